The smallest absolute Gasteiger partial charge is 0.235 e. The maximum atomic E-state index is 2.58. The first kappa shape index (κ1) is 24.6. The predicted molar refractivity (Wildman–Crippen MR) is 196 cm³/mol. The van der Waals surface area contributed by atoms with Gasteiger partial charge in [-0.15, -0.1) is 11.3 Å². The van der Waals surface area contributed by atoms with E-state index in [-0.39, 0.29) is 6.04 Å². The monoisotopic (exact) mass is 604 g/mol. The van der Waals surface area contributed by atoms with Crippen LogP contribution in [0.1, 0.15) is 5.56 Å². The largest absolute Gasteiger partial charge is 0.318 e. The van der Waals surface area contributed by atoms with Crippen molar-refractivity contribution in [2.75, 3.05) is 4.90 Å². The SMILES string of the molecule is C1=CC2=[N+](c3ccccc3)c3ccccc3N3c4cc5c(cc4C(=C1)C23)c1ccccc1n5-c1ccc2sc3ccccc3c2c1. The van der Waals surface area contributed by atoms with Crippen molar-refractivity contribution in [2.45, 2.75) is 6.04 Å². The van der Waals surface area contributed by atoms with Crippen molar-refractivity contribution in [3.63, 3.8) is 0 Å². The molecule has 46 heavy (non-hydrogen) atoms. The molecule has 214 valence electrons. The third-order valence-corrected chi connectivity index (χ3v) is 11.2. The van der Waals surface area contributed by atoms with E-state index >= 15 is 0 Å². The van der Waals surface area contributed by atoms with Gasteiger partial charge in [0.05, 0.1) is 16.7 Å². The molecule has 0 bridgehead atoms. The molecule has 11 rings (SSSR count). The lowest BCUT2D eigenvalue weighted by Gasteiger charge is -2.32. The fraction of sp³-hybridized carbons (Fsp3) is 0.0238. The van der Waals surface area contributed by atoms with E-state index in [9.17, 15) is 0 Å². The number of fused-ring (bicyclic) bond motifs is 11. The lowest BCUT2D eigenvalue weighted by Crippen LogP contribution is -2.43. The molecule has 4 heteroatoms. The summed E-state index contributed by atoms with van der Waals surface area (Å²) in [7, 11) is 0. The standard InChI is InChI=1S/C42H26N3S/c1-2-11-26(12-3-1)43-35-17-7-8-18-36(35)45-39-25-38-31(24-32(39)30-15-10-19-37(43)42(30)45)28-13-4-6-16-34(28)44(38)27-21-22-41-33(23-27)29-14-5-9-20-40(29)46-41/h1-25,42H/q+1. The Morgan fingerprint density at radius 2 is 1.37 bits per heavy atom. The summed E-state index contributed by atoms with van der Waals surface area (Å²) in [5.41, 5.74) is 12.5. The molecule has 1 atom stereocenters. The van der Waals surface area contributed by atoms with Crippen LogP contribution in [0.5, 0.6) is 0 Å². The van der Waals surface area contributed by atoms with Gasteiger partial charge in [-0.1, -0.05) is 78.9 Å². The molecule has 6 aromatic carbocycles. The summed E-state index contributed by atoms with van der Waals surface area (Å²) in [5, 5.41) is 5.21. The van der Waals surface area contributed by atoms with Crippen LogP contribution in [-0.4, -0.2) is 16.3 Å². The van der Waals surface area contributed by atoms with Gasteiger partial charge >= 0.3 is 0 Å². The minimum atomic E-state index is 0.106. The highest BCUT2D eigenvalue weighted by Gasteiger charge is 2.48. The maximum absolute atomic E-state index is 2.58. The fourth-order valence-corrected chi connectivity index (χ4v) is 9.22. The molecule has 0 saturated carbocycles. The van der Waals surface area contributed by atoms with E-state index in [1.54, 1.807) is 0 Å². The van der Waals surface area contributed by atoms with Crippen molar-refractivity contribution in [2.24, 2.45) is 0 Å². The number of rotatable bonds is 2. The number of para-hydroxylation sites is 4. The number of aromatic nitrogens is 1. The van der Waals surface area contributed by atoms with Gasteiger partial charge in [0.1, 0.15) is 11.7 Å². The Morgan fingerprint density at radius 1 is 0.587 bits per heavy atom. The molecule has 2 aliphatic heterocycles. The Balaban J connectivity index is 1.21. The number of hydrogen-bond acceptors (Lipinski definition) is 2. The first-order valence-corrected chi connectivity index (χ1v) is 16.6. The molecule has 3 aliphatic rings. The molecule has 0 saturated heterocycles. The van der Waals surface area contributed by atoms with Crippen molar-refractivity contribution >= 4 is 87.3 Å². The summed E-state index contributed by atoms with van der Waals surface area (Å²) < 4.78 is 7.58. The molecule has 8 aromatic rings. The number of allylic oxidation sites excluding steroid dienone is 2. The summed E-state index contributed by atoms with van der Waals surface area (Å²) >= 11 is 1.87. The van der Waals surface area contributed by atoms with Crippen LogP contribution in [0.4, 0.5) is 22.7 Å². The van der Waals surface area contributed by atoms with Gasteiger partial charge in [0.25, 0.3) is 0 Å². The molecular weight excluding hydrogens is 579 g/mol. The number of thiophene rings is 1. The van der Waals surface area contributed by atoms with Gasteiger partial charge in [-0.3, -0.25) is 0 Å². The topological polar surface area (TPSA) is 11.2 Å². The molecule has 4 heterocycles. The number of benzene rings is 6. The first-order chi connectivity index (χ1) is 22.8. The average molecular weight is 605 g/mol. The third-order valence-electron chi connectivity index (χ3n) is 10.0. The van der Waals surface area contributed by atoms with Crippen LogP contribution in [0.2, 0.25) is 0 Å². The summed E-state index contributed by atoms with van der Waals surface area (Å²) in [5.74, 6) is 0. The first-order valence-electron chi connectivity index (χ1n) is 15.8. The van der Waals surface area contributed by atoms with E-state index < -0.39 is 0 Å². The van der Waals surface area contributed by atoms with Gasteiger partial charge < -0.3 is 9.47 Å². The summed E-state index contributed by atoms with van der Waals surface area (Å²) in [6, 6.07) is 49.3. The summed E-state index contributed by atoms with van der Waals surface area (Å²) in [6.07, 6.45) is 6.85. The van der Waals surface area contributed by atoms with E-state index in [1.165, 1.54) is 87.3 Å². The number of nitrogens with zero attached hydrogens (tertiary/aromatic N) is 3. The van der Waals surface area contributed by atoms with Crippen LogP contribution in [0, 0.1) is 0 Å². The second kappa shape index (κ2) is 8.94. The molecule has 0 N–H and O–H groups in total. The quantitative estimate of drug-likeness (QED) is 0.179. The van der Waals surface area contributed by atoms with Crippen molar-refractivity contribution in [1.82, 2.24) is 9.14 Å². The molecule has 3 nitrogen and oxygen atoms in total. The average Bonchev–Trinajstić information content (AvgIpc) is 3.76. The molecule has 0 radical (unpaired) electrons. The van der Waals surface area contributed by atoms with Crippen molar-refractivity contribution in [3.05, 3.63) is 157 Å². The zero-order chi connectivity index (χ0) is 29.9. The zero-order valence-electron chi connectivity index (χ0n) is 24.8. The number of hydrogen-bond donors (Lipinski definition) is 0. The Hall–Kier alpha value is -5.71. The van der Waals surface area contributed by atoms with Gasteiger partial charge in [-0.25, -0.2) is 0 Å². The van der Waals surface area contributed by atoms with Crippen molar-refractivity contribution < 1.29 is 0 Å². The minimum absolute atomic E-state index is 0.106. The van der Waals surface area contributed by atoms with Crippen LogP contribution in [0.25, 0.3) is 53.2 Å². The van der Waals surface area contributed by atoms with Gasteiger partial charge in [-0.2, -0.15) is 4.58 Å². The molecule has 1 unspecified atom stereocenters. The van der Waals surface area contributed by atoms with E-state index in [2.05, 4.69) is 166 Å². The zero-order valence-corrected chi connectivity index (χ0v) is 25.6. The molecular formula is C42H26N3S+. The predicted octanol–water partition coefficient (Wildman–Crippen LogP) is 10.9. The second-order valence-electron chi connectivity index (χ2n) is 12.4. The van der Waals surface area contributed by atoms with E-state index in [0.717, 1.165) is 0 Å². The Bertz CT molecular complexity index is 2700. The normalized spacial score (nSPS) is 16.4. The van der Waals surface area contributed by atoms with Crippen molar-refractivity contribution in [1.29, 1.82) is 0 Å². The Morgan fingerprint density at radius 3 is 2.30 bits per heavy atom. The maximum Gasteiger partial charge on any atom is 0.235 e. The highest BCUT2D eigenvalue weighted by molar-refractivity contribution is 7.25. The van der Waals surface area contributed by atoms with Gasteiger partial charge in [0, 0.05) is 66.5 Å². The van der Waals surface area contributed by atoms with Gasteiger partial charge in [0.15, 0.2) is 0 Å². The minimum Gasteiger partial charge on any atom is -0.318 e. The second-order valence-corrected chi connectivity index (χ2v) is 13.4. The van der Waals surface area contributed by atoms with Crippen LogP contribution in [0.3, 0.4) is 0 Å². The molecule has 0 fully saturated rings. The van der Waals surface area contributed by atoms with E-state index in [1.807, 2.05) is 11.3 Å². The van der Waals surface area contributed by atoms with E-state index in [4.69, 9.17) is 0 Å². The molecule has 0 amide bonds. The Kier molecular flexibility index (Phi) is 4.78. The van der Waals surface area contributed by atoms with Crippen LogP contribution in [-0.2, 0) is 0 Å². The fourth-order valence-electron chi connectivity index (χ4n) is 8.13. The molecule has 0 spiro atoms. The summed E-state index contributed by atoms with van der Waals surface area (Å²) in [6.45, 7) is 0. The van der Waals surface area contributed by atoms with Crippen LogP contribution in [0.15, 0.2) is 152 Å². The van der Waals surface area contributed by atoms with Crippen LogP contribution >= 0.6 is 11.3 Å². The van der Waals surface area contributed by atoms with E-state index in [0.29, 0.717) is 0 Å². The van der Waals surface area contributed by atoms with Crippen LogP contribution < -0.4 is 9.48 Å². The lowest BCUT2D eigenvalue weighted by molar-refractivity contribution is 0.931. The highest BCUT2D eigenvalue weighted by atomic mass is 32.1. The highest BCUT2D eigenvalue weighted by Crippen LogP contribution is 2.54. The molecule has 1 aliphatic carbocycles. The lowest BCUT2D eigenvalue weighted by atomic mass is 9.91. The molecule has 2 aromatic heterocycles. The number of anilines is 2. The Labute approximate surface area is 269 Å². The van der Waals surface area contributed by atoms with Crippen molar-refractivity contribution in [3.8, 4) is 5.69 Å². The summed E-state index contributed by atoms with van der Waals surface area (Å²) in [4.78, 5) is 2.58. The van der Waals surface area contributed by atoms with Gasteiger partial charge in [-0.05, 0) is 54.1 Å². The van der Waals surface area contributed by atoms with Gasteiger partial charge in [0.2, 0.25) is 17.1 Å². The third kappa shape index (κ3) is 3.14.